The van der Waals surface area contributed by atoms with Crippen molar-refractivity contribution in [3.05, 3.63) is 54.2 Å². The van der Waals surface area contributed by atoms with E-state index in [0.717, 1.165) is 24.5 Å². The summed E-state index contributed by atoms with van der Waals surface area (Å²) in [5.41, 5.74) is 1.90. The minimum atomic E-state index is -0.303. The Kier molecular flexibility index (Phi) is 6.16. The van der Waals surface area contributed by atoms with E-state index >= 15 is 0 Å². The zero-order valence-electron chi connectivity index (χ0n) is 17.9. The van der Waals surface area contributed by atoms with Crippen LogP contribution in [0.4, 0.5) is 10.6 Å². The number of amides is 1. The molecule has 1 amide bonds. The second kappa shape index (κ2) is 9.18. The van der Waals surface area contributed by atoms with Gasteiger partial charge in [-0.15, -0.1) is 0 Å². The molecule has 0 radical (unpaired) electrons. The molecule has 5 rings (SSSR count). The molecular formula is C24H30N4O2S. The van der Waals surface area contributed by atoms with E-state index in [1.54, 1.807) is 16.8 Å². The van der Waals surface area contributed by atoms with Gasteiger partial charge in [0.25, 0.3) is 0 Å². The normalized spacial score (nSPS) is 22.1. The number of carbonyl (C=O) groups excluding carboxylic acids is 1. The predicted octanol–water partition coefficient (Wildman–Crippen LogP) is 4.42. The number of rotatable bonds is 5. The third-order valence-electron chi connectivity index (χ3n) is 6.77. The molecule has 1 aromatic carbocycles. The second-order valence-electron chi connectivity index (χ2n) is 8.94. The summed E-state index contributed by atoms with van der Waals surface area (Å²) in [4.78, 5) is 21.6. The number of aromatic nitrogens is 1. The van der Waals surface area contributed by atoms with E-state index in [4.69, 9.17) is 4.74 Å². The summed E-state index contributed by atoms with van der Waals surface area (Å²) < 4.78 is 7.47. The number of likely N-dealkylation sites (tertiary alicyclic amines) is 1. The van der Waals surface area contributed by atoms with Gasteiger partial charge in [-0.05, 0) is 67.3 Å². The molecule has 1 aromatic heterocycles. The molecule has 0 atom stereocenters. The van der Waals surface area contributed by atoms with Crippen molar-refractivity contribution in [2.45, 2.75) is 37.1 Å². The molecule has 0 saturated carbocycles. The molecular weight excluding hydrogens is 408 g/mol. The number of cyclic esters (lactones) is 1. The summed E-state index contributed by atoms with van der Waals surface area (Å²) in [6, 6.07) is 14.8. The van der Waals surface area contributed by atoms with E-state index < -0.39 is 0 Å². The Hall–Kier alpha value is -2.09. The molecule has 0 unspecified atom stereocenters. The highest BCUT2D eigenvalue weighted by Crippen LogP contribution is 2.42. The van der Waals surface area contributed by atoms with Crippen molar-refractivity contribution >= 4 is 23.9 Å². The van der Waals surface area contributed by atoms with Gasteiger partial charge < -0.3 is 4.74 Å². The average molecular weight is 439 g/mol. The van der Waals surface area contributed by atoms with Crippen LogP contribution in [0.25, 0.3) is 0 Å². The first-order chi connectivity index (χ1) is 15.2. The summed E-state index contributed by atoms with van der Waals surface area (Å²) in [5.74, 6) is 0.671. The van der Waals surface area contributed by atoms with E-state index in [-0.39, 0.29) is 6.09 Å². The fraction of sp³-hybridized carbons (Fsp3) is 0.500. The maximum atomic E-state index is 11.7. The Morgan fingerprint density at radius 1 is 1.00 bits per heavy atom. The maximum Gasteiger partial charge on any atom is 0.415 e. The Balaban J connectivity index is 1.13. The second-order valence-corrected chi connectivity index (χ2v) is 10.1. The smallest absolute Gasteiger partial charge is 0.415 e. The molecule has 31 heavy (non-hydrogen) atoms. The van der Waals surface area contributed by atoms with Crippen LogP contribution < -0.4 is 4.90 Å². The summed E-state index contributed by atoms with van der Waals surface area (Å²) in [6.45, 7) is 6.77. The number of carbonyl (C=O) groups is 1. The van der Waals surface area contributed by atoms with Gasteiger partial charge in [0.2, 0.25) is 0 Å². The van der Waals surface area contributed by atoms with Crippen LogP contribution in [0.15, 0.2) is 53.6 Å². The highest BCUT2D eigenvalue weighted by atomic mass is 32.2. The van der Waals surface area contributed by atoms with Crippen LogP contribution in [-0.4, -0.2) is 59.6 Å². The van der Waals surface area contributed by atoms with Crippen LogP contribution in [0, 0.1) is 5.41 Å². The topological polar surface area (TPSA) is 48.9 Å². The number of nitrogens with zero attached hydrogens (tertiary/aromatic N) is 4. The molecule has 3 aliphatic rings. The monoisotopic (exact) mass is 438 g/mol. The van der Waals surface area contributed by atoms with E-state index in [9.17, 15) is 4.79 Å². The van der Waals surface area contributed by atoms with Gasteiger partial charge in [-0.25, -0.2) is 14.1 Å². The zero-order chi connectivity index (χ0) is 21.1. The van der Waals surface area contributed by atoms with Gasteiger partial charge in [0.05, 0.1) is 6.54 Å². The number of anilines is 1. The largest absolute Gasteiger partial charge is 0.447 e. The maximum absolute atomic E-state index is 11.7. The minimum absolute atomic E-state index is 0.303. The Morgan fingerprint density at radius 3 is 2.55 bits per heavy atom. The molecule has 4 heterocycles. The number of ether oxygens (including phenoxy) is 1. The van der Waals surface area contributed by atoms with E-state index in [0.29, 0.717) is 24.4 Å². The molecule has 3 saturated heterocycles. The number of benzene rings is 1. The van der Waals surface area contributed by atoms with Gasteiger partial charge >= 0.3 is 6.09 Å². The molecule has 0 aliphatic carbocycles. The highest BCUT2D eigenvalue weighted by molar-refractivity contribution is 7.97. The summed E-state index contributed by atoms with van der Waals surface area (Å²) >= 11 is 1.79. The predicted molar refractivity (Wildman–Crippen MR) is 123 cm³/mol. The lowest BCUT2D eigenvalue weighted by molar-refractivity contribution is 0.0412. The summed E-state index contributed by atoms with van der Waals surface area (Å²) in [6.07, 6.45) is 6.76. The van der Waals surface area contributed by atoms with E-state index in [2.05, 4.69) is 50.6 Å². The summed E-state index contributed by atoms with van der Waals surface area (Å²) in [5, 5.41) is 0. The SMILES string of the molecule is O=C1OCCN1c1ccc(SN2CCC3(CCCN(Cc4ccccc4)C3)CC2)cn1. The van der Waals surface area contributed by atoms with E-state index in [1.165, 1.54) is 44.3 Å². The Labute approximate surface area is 188 Å². The first-order valence-corrected chi connectivity index (χ1v) is 12.1. The molecule has 0 N–H and O–H groups in total. The van der Waals surface area contributed by atoms with Crippen LogP contribution in [0.5, 0.6) is 0 Å². The van der Waals surface area contributed by atoms with Gasteiger partial charge in [-0.2, -0.15) is 0 Å². The molecule has 2 aromatic rings. The van der Waals surface area contributed by atoms with Crippen LogP contribution >= 0.6 is 11.9 Å². The van der Waals surface area contributed by atoms with Crippen LogP contribution in [0.1, 0.15) is 31.2 Å². The average Bonchev–Trinajstić information content (AvgIpc) is 3.23. The minimum Gasteiger partial charge on any atom is -0.447 e. The van der Waals surface area contributed by atoms with Crippen LogP contribution in [0.2, 0.25) is 0 Å². The van der Waals surface area contributed by atoms with Crippen molar-refractivity contribution < 1.29 is 9.53 Å². The molecule has 7 heteroatoms. The number of pyridine rings is 1. The lowest BCUT2D eigenvalue weighted by Crippen LogP contribution is -2.48. The third kappa shape index (κ3) is 4.89. The molecule has 6 nitrogen and oxygen atoms in total. The van der Waals surface area contributed by atoms with Gasteiger partial charge in [0, 0.05) is 37.3 Å². The number of hydrogen-bond donors (Lipinski definition) is 0. The zero-order valence-corrected chi connectivity index (χ0v) is 18.7. The summed E-state index contributed by atoms with van der Waals surface area (Å²) in [7, 11) is 0. The molecule has 3 fully saturated rings. The molecule has 1 spiro atoms. The van der Waals surface area contributed by atoms with Crippen molar-refractivity contribution in [2.75, 3.05) is 44.2 Å². The lowest BCUT2D eigenvalue weighted by Gasteiger charge is -2.47. The fourth-order valence-electron chi connectivity index (χ4n) is 5.08. The third-order valence-corrected chi connectivity index (χ3v) is 7.84. The van der Waals surface area contributed by atoms with Gasteiger partial charge in [-0.1, -0.05) is 30.3 Å². The van der Waals surface area contributed by atoms with E-state index in [1.807, 2.05) is 12.3 Å². The lowest BCUT2D eigenvalue weighted by atomic mass is 9.73. The van der Waals surface area contributed by atoms with Crippen LogP contribution in [-0.2, 0) is 11.3 Å². The first kappa shape index (κ1) is 20.8. The Morgan fingerprint density at radius 2 is 1.84 bits per heavy atom. The van der Waals surface area contributed by atoms with Gasteiger partial charge in [0.15, 0.2) is 0 Å². The molecule has 3 aliphatic heterocycles. The van der Waals surface area contributed by atoms with Crippen molar-refractivity contribution in [2.24, 2.45) is 5.41 Å². The van der Waals surface area contributed by atoms with Crippen molar-refractivity contribution in [3.8, 4) is 0 Å². The first-order valence-electron chi connectivity index (χ1n) is 11.3. The van der Waals surface area contributed by atoms with Gasteiger partial charge in [-0.3, -0.25) is 9.80 Å². The Bertz CT molecular complexity index is 884. The van der Waals surface area contributed by atoms with Crippen LogP contribution in [0.3, 0.4) is 0 Å². The van der Waals surface area contributed by atoms with Crippen molar-refractivity contribution in [3.63, 3.8) is 0 Å². The number of hydrogen-bond acceptors (Lipinski definition) is 6. The van der Waals surface area contributed by atoms with Gasteiger partial charge in [0.1, 0.15) is 12.4 Å². The highest BCUT2D eigenvalue weighted by Gasteiger charge is 2.38. The quantitative estimate of drug-likeness (QED) is 0.644. The van der Waals surface area contributed by atoms with Crippen molar-refractivity contribution in [1.29, 1.82) is 0 Å². The fourth-order valence-corrected chi connectivity index (χ4v) is 5.98. The van der Waals surface area contributed by atoms with Crippen molar-refractivity contribution in [1.82, 2.24) is 14.2 Å². The standard InChI is InChI=1S/C24H30N4O2S/c29-23-28(15-16-30-23)22-8-7-21(17-25-22)31-27-13-10-24(11-14-27)9-4-12-26(19-24)18-20-5-2-1-3-6-20/h1-3,5-8,17H,4,9-16,18-19H2. The number of piperidine rings is 2. The molecule has 0 bridgehead atoms. The molecule has 164 valence electrons.